The molecule has 118 valence electrons. The Morgan fingerprint density at radius 2 is 2.00 bits per heavy atom. The molecule has 0 aliphatic rings. The van der Waals surface area contributed by atoms with Gasteiger partial charge in [-0.05, 0) is 70.1 Å². The first-order valence-corrected chi connectivity index (χ1v) is 7.80. The lowest BCUT2D eigenvalue weighted by Crippen LogP contribution is -2.34. The minimum absolute atomic E-state index is 0.0668. The summed E-state index contributed by atoms with van der Waals surface area (Å²) in [7, 11) is 0. The van der Waals surface area contributed by atoms with Crippen LogP contribution in [0.3, 0.4) is 0 Å². The lowest BCUT2D eigenvalue weighted by Gasteiger charge is -2.20. The Morgan fingerprint density at radius 1 is 1.33 bits per heavy atom. The van der Waals surface area contributed by atoms with E-state index in [1.54, 1.807) is 18.2 Å². The molecule has 4 heteroatoms. The summed E-state index contributed by atoms with van der Waals surface area (Å²) in [5, 5.41) is 12.4. The smallest absolute Gasteiger partial charge is 0.251 e. The van der Waals surface area contributed by atoms with E-state index in [0.717, 1.165) is 38.0 Å². The van der Waals surface area contributed by atoms with Crippen molar-refractivity contribution >= 4 is 5.91 Å². The van der Waals surface area contributed by atoms with Crippen LogP contribution in [0.2, 0.25) is 0 Å². The van der Waals surface area contributed by atoms with Gasteiger partial charge in [0, 0.05) is 11.6 Å². The van der Waals surface area contributed by atoms with Gasteiger partial charge >= 0.3 is 0 Å². The quantitative estimate of drug-likeness (QED) is 0.774. The molecule has 0 radical (unpaired) electrons. The second kappa shape index (κ2) is 8.67. The van der Waals surface area contributed by atoms with Crippen LogP contribution in [0.25, 0.3) is 0 Å². The third kappa shape index (κ3) is 5.76. The van der Waals surface area contributed by atoms with Crippen molar-refractivity contribution in [3.05, 3.63) is 29.3 Å². The van der Waals surface area contributed by atoms with E-state index in [-0.39, 0.29) is 17.7 Å². The summed E-state index contributed by atoms with van der Waals surface area (Å²) in [5.41, 5.74) is 1.42. The van der Waals surface area contributed by atoms with Gasteiger partial charge in [-0.3, -0.25) is 4.79 Å². The third-order valence-electron chi connectivity index (χ3n) is 3.84. The molecule has 2 N–H and O–H groups in total. The summed E-state index contributed by atoms with van der Waals surface area (Å²) < 4.78 is 0. The molecule has 0 saturated carbocycles. The molecular formula is C17H28N2O2. The molecule has 0 fully saturated rings. The lowest BCUT2D eigenvalue weighted by atomic mass is 10.1. The average Bonchev–Trinajstić information content (AvgIpc) is 2.43. The number of nitrogens with one attached hydrogen (secondary N) is 1. The fourth-order valence-electron chi connectivity index (χ4n) is 2.44. The molecule has 0 aliphatic heterocycles. The predicted octanol–water partition coefficient (Wildman–Crippen LogP) is 2.94. The summed E-state index contributed by atoms with van der Waals surface area (Å²) in [4.78, 5) is 14.6. The van der Waals surface area contributed by atoms with Crippen molar-refractivity contribution < 1.29 is 9.90 Å². The number of nitrogens with zero attached hydrogens (tertiary/aromatic N) is 1. The number of carbonyl (C=O) groups excluding carboxylic acids is 1. The predicted molar refractivity (Wildman–Crippen MR) is 86.8 cm³/mol. The Bertz CT molecular complexity index is 456. The SMILES string of the molecule is CCN(CC)CCCC(C)NC(=O)c1ccc(O)cc1C. The lowest BCUT2D eigenvalue weighted by molar-refractivity contribution is 0.0936. The summed E-state index contributed by atoms with van der Waals surface area (Å²) in [5.74, 6) is 0.124. The number of phenolic OH excluding ortho intramolecular Hbond substituents is 1. The van der Waals surface area contributed by atoms with Crippen molar-refractivity contribution in [2.45, 2.75) is 46.6 Å². The molecular weight excluding hydrogens is 264 g/mol. The van der Waals surface area contributed by atoms with Crippen LogP contribution in [-0.2, 0) is 0 Å². The van der Waals surface area contributed by atoms with Crippen LogP contribution in [0.4, 0.5) is 0 Å². The zero-order valence-electron chi connectivity index (χ0n) is 13.6. The van der Waals surface area contributed by atoms with E-state index in [2.05, 4.69) is 24.1 Å². The van der Waals surface area contributed by atoms with Gasteiger partial charge in [-0.15, -0.1) is 0 Å². The number of amides is 1. The molecule has 1 atom stereocenters. The van der Waals surface area contributed by atoms with E-state index in [4.69, 9.17) is 0 Å². The standard InChI is InChI=1S/C17H28N2O2/c1-5-19(6-2)11-7-8-14(4)18-17(21)16-10-9-15(20)12-13(16)3/h9-10,12,14,20H,5-8,11H2,1-4H3,(H,18,21). The molecule has 4 nitrogen and oxygen atoms in total. The second-order valence-electron chi connectivity index (χ2n) is 5.54. The van der Waals surface area contributed by atoms with Gasteiger partial charge in [-0.2, -0.15) is 0 Å². The third-order valence-corrected chi connectivity index (χ3v) is 3.84. The molecule has 1 rings (SSSR count). The van der Waals surface area contributed by atoms with Gasteiger partial charge in [0.05, 0.1) is 0 Å². The summed E-state index contributed by atoms with van der Waals surface area (Å²) >= 11 is 0. The molecule has 0 saturated heterocycles. The summed E-state index contributed by atoms with van der Waals surface area (Å²) in [6.07, 6.45) is 2.05. The van der Waals surface area contributed by atoms with Gasteiger partial charge in [-0.1, -0.05) is 13.8 Å². The van der Waals surface area contributed by atoms with Gasteiger partial charge in [0.2, 0.25) is 0 Å². The molecule has 0 aliphatic carbocycles. The number of aromatic hydroxyl groups is 1. The molecule has 1 aromatic carbocycles. The number of hydrogen-bond donors (Lipinski definition) is 2. The normalized spacial score (nSPS) is 12.4. The van der Waals surface area contributed by atoms with Crippen LogP contribution in [0, 0.1) is 6.92 Å². The second-order valence-corrected chi connectivity index (χ2v) is 5.54. The number of hydrogen-bond acceptors (Lipinski definition) is 3. The van der Waals surface area contributed by atoms with Crippen molar-refractivity contribution in [3.8, 4) is 5.75 Å². The summed E-state index contributed by atoms with van der Waals surface area (Å²) in [6, 6.07) is 4.98. The number of carbonyl (C=O) groups is 1. The molecule has 0 spiro atoms. The molecule has 1 unspecified atom stereocenters. The van der Waals surface area contributed by atoms with Crippen molar-refractivity contribution in [2.24, 2.45) is 0 Å². The van der Waals surface area contributed by atoms with Crippen LogP contribution >= 0.6 is 0 Å². The first-order chi connectivity index (χ1) is 9.97. The monoisotopic (exact) mass is 292 g/mol. The van der Waals surface area contributed by atoms with E-state index in [1.807, 2.05) is 13.8 Å². The Hall–Kier alpha value is -1.55. The Morgan fingerprint density at radius 3 is 2.57 bits per heavy atom. The zero-order valence-corrected chi connectivity index (χ0v) is 13.6. The minimum Gasteiger partial charge on any atom is -0.508 e. The van der Waals surface area contributed by atoms with Crippen molar-refractivity contribution in [1.29, 1.82) is 0 Å². The molecule has 1 amide bonds. The fourth-order valence-corrected chi connectivity index (χ4v) is 2.44. The van der Waals surface area contributed by atoms with E-state index in [1.165, 1.54) is 0 Å². The van der Waals surface area contributed by atoms with Gasteiger partial charge in [0.1, 0.15) is 5.75 Å². The average molecular weight is 292 g/mol. The largest absolute Gasteiger partial charge is 0.508 e. The van der Waals surface area contributed by atoms with Crippen LogP contribution in [0.15, 0.2) is 18.2 Å². The van der Waals surface area contributed by atoms with E-state index in [9.17, 15) is 9.90 Å². The molecule has 21 heavy (non-hydrogen) atoms. The highest BCUT2D eigenvalue weighted by Crippen LogP contribution is 2.15. The van der Waals surface area contributed by atoms with Crippen LogP contribution in [-0.4, -0.2) is 41.6 Å². The maximum Gasteiger partial charge on any atom is 0.251 e. The van der Waals surface area contributed by atoms with Crippen LogP contribution < -0.4 is 5.32 Å². The maximum absolute atomic E-state index is 12.2. The number of phenols is 1. The highest BCUT2D eigenvalue weighted by molar-refractivity contribution is 5.95. The first-order valence-electron chi connectivity index (χ1n) is 7.80. The van der Waals surface area contributed by atoms with Crippen molar-refractivity contribution in [1.82, 2.24) is 10.2 Å². The minimum atomic E-state index is -0.0668. The Balaban J connectivity index is 2.43. The zero-order chi connectivity index (χ0) is 15.8. The van der Waals surface area contributed by atoms with Gasteiger partial charge in [0.15, 0.2) is 0 Å². The van der Waals surface area contributed by atoms with Crippen LogP contribution in [0.5, 0.6) is 5.75 Å². The summed E-state index contributed by atoms with van der Waals surface area (Å²) in [6.45, 7) is 11.4. The highest BCUT2D eigenvalue weighted by atomic mass is 16.3. The Labute approximate surface area is 128 Å². The fraction of sp³-hybridized carbons (Fsp3) is 0.588. The number of aryl methyl sites for hydroxylation is 1. The van der Waals surface area contributed by atoms with Crippen molar-refractivity contribution in [3.63, 3.8) is 0 Å². The van der Waals surface area contributed by atoms with E-state index >= 15 is 0 Å². The molecule has 0 aromatic heterocycles. The molecule has 1 aromatic rings. The Kier molecular flexibility index (Phi) is 7.23. The van der Waals surface area contributed by atoms with Gasteiger partial charge in [-0.25, -0.2) is 0 Å². The van der Waals surface area contributed by atoms with Crippen molar-refractivity contribution in [2.75, 3.05) is 19.6 Å². The van der Waals surface area contributed by atoms with Crippen LogP contribution in [0.1, 0.15) is 49.5 Å². The maximum atomic E-state index is 12.2. The van der Waals surface area contributed by atoms with Gasteiger partial charge < -0.3 is 15.3 Å². The topological polar surface area (TPSA) is 52.6 Å². The number of benzene rings is 1. The van der Waals surface area contributed by atoms with E-state index in [0.29, 0.717) is 5.56 Å². The first kappa shape index (κ1) is 17.5. The molecule has 0 bridgehead atoms. The van der Waals surface area contributed by atoms with Gasteiger partial charge in [0.25, 0.3) is 5.91 Å². The highest BCUT2D eigenvalue weighted by Gasteiger charge is 2.12. The van der Waals surface area contributed by atoms with E-state index < -0.39 is 0 Å². The molecule has 0 heterocycles. The number of rotatable bonds is 8.